The average Bonchev–Trinajstić information content (AvgIpc) is 1.25. The van der Waals surface area contributed by atoms with Gasteiger partial charge in [0.15, 0.2) is 42.9 Å². The van der Waals surface area contributed by atoms with Gasteiger partial charge in [-0.2, -0.15) is 10.2 Å². The minimum absolute atomic E-state index is 0.0189. The number of aromatic nitrogens is 6. The zero-order valence-electron chi connectivity index (χ0n) is 50.8. The van der Waals surface area contributed by atoms with Gasteiger partial charge >= 0.3 is 5.69 Å². The van der Waals surface area contributed by atoms with Crippen molar-refractivity contribution in [1.29, 1.82) is 5.26 Å². The van der Waals surface area contributed by atoms with Crippen molar-refractivity contribution >= 4 is 47.8 Å². The fraction of sp³-hybridized carbons (Fsp3) is 0.348. The highest BCUT2D eigenvalue weighted by Crippen LogP contribution is 2.61. The zero-order valence-corrected chi connectivity index (χ0v) is 51.7. The van der Waals surface area contributed by atoms with Crippen LogP contribution in [0.15, 0.2) is 169 Å². The number of hydrogen-bond donors (Lipinski definition) is 3. The van der Waals surface area contributed by atoms with Gasteiger partial charge in [-0.25, -0.2) is 28.8 Å². The van der Waals surface area contributed by atoms with E-state index in [-0.39, 0.29) is 48.9 Å². The number of nitrogens with zero attached hydrogens (tertiary/aromatic N) is 8. The summed E-state index contributed by atoms with van der Waals surface area (Å²) in [6, 6.07) is 44.0. The van der Waals surface area contributed by atoms with E-state index in [1.807, 2.05) is 107 Å². The lowest BCUT2D eigenvalue weighted by molar-refractivity contribution is -0.124. The average molecular weight is 1240 g/mol. The van der Waals surface area contributed by atoms with Crippen LogP contribution in [0.25, 0.3) is 11.2 Å². The molecule has 8 aromatic rings. The number of halogens is 1. The van der Waals surface area contributed by atoms with E-state index < -0.39 is 103 Å². The Balaban J connectivity index is 1.000. The first-order valence-electron chi connectivity index (χ1n) is 29.5. The maximum Gasteiger partial charge on any atom is 0.351 e. The molecular weight excluding hydrogens is 1170 g/mol. The quantitative estimate of drug-likeness (QED) is 0.0355. The number of alkyl halides is 1. The van der Waals surface area contributed by atoms with E-state index in [1.54, 1.807) is 79.6 Å². The van der Waals surface area contributed by atoms with E-state index in [9.17, 15) is 24.4 Å². The number of benzene rings is 5. The number of fused-ring (bicyclic) bond motifs is 1. The van der Waals surface area contributed by atoms with Crippen molar-refractivity contribution in [2.45, 2.75) is 100 Å². The highest BCUT2D eigenvalue weighted by molar-refractivity contribution is 7.62. The molecule has 2 fully saturated rings. The molecule has 8 atom stereocenters. The summed E-state index contributed by atoms with van der Waals surface area (Å²) in [5.74, 6) is -1.56. The first-order chi connectivity index (χ1) is 43.5. The molecule has 0 aliphatic carbocycles. The summed E-state index contributed by atoms with van der Waals surface area (Å²) >= 11 is 0. The molecule has 10 rings (SSSR count). The van der Waals surface area contributed by atoms with E-state index in [2.05, 4.69) is 42.0 Å². The van der Waals surface area contributed by atoms with Gasteiger partial charge in [0.05, 0.1) is 51.5 Å². The third-order valence-electron chi connectivity index (χ3n) is 16.6. The highest BCUT2D eigenvalue weighted by Gasteiger charge is 2.55. The van der Waals surface area contributed by atoms with Crippen LogP contribution in [-0.2, 0) is 33.9 Å². The van der Waals surface area contributed by atoms with Gasteiger partial charge in [0.25, 0.3) is 11.8 Å². The second-order valence-electron chi connectivity index (χ2n) is 22.4. The maximum atomic E-state index is 18.2. The third kappa shape index (κ3) is 13.0. The number of ether oxygens (including phenoxy) is 6. The normalized spacial score (nSPS) is 20.1. The van der Waals surface area contributed by atoms with Gasteiger partial charge in [0.2, 0.25) is 5.91 Å². The molecule has 2 aliphatic heterocycles. The second kappa shape index (κ2) is 28.2. The predicted octanol–water partition coefficient (Wildman–Crippen LogP) is 9.56. The molecule has 3 amide bonds. The van der Waals surface area contributed by atoms with Gasteiger partial charge in [0.1, 0.15) is 35.3 Å². The highest BCUT2D eigenvalue weighted by atomic mass is 31.2. The Bertz CT molecular complexity index is 3870. The van der Waals surface area contributed by atoms with Gasteiger partial charge in [-0.05, 0) is 71.3 Å². The molecule has 0 saturated carbocycles. The van der Waals surface area contributed by atoms with Crippen LogP contribution < -0.4 is 31.1 Å². The molecule has 90 heavy (non-hydrogen) atoms. The fourth-order valence-corrected chi connectivity index (χ4v) is 15.6. The molecule has 5 heterocycles. The van der Waals surface area contributed by atoms with Crippen LogP contribution in [0.3, 0.4) is 0 Å². The van der Waals surface area contributed by atoms with Gasteiger partial charge in [0, 0.05) is 67.6 Å². The van der Waals surface area contributed by atoms with Crippen LogP contribution >= 0.6 is 7.29 Å². The predicted molar refractivity (Wildman–Crippen MR) is 334 cm³/mol. The Morgan fingerprint density at radius 3 is 1.86 bits per heavy atom. The van der Waals surface area contributed by atoms with Gasteiger partial charge in [-0.15, -0.1) is 0 Å². The van der Waals surface area contributed by atoms with Gasteiger partial charge in [-0.1, -0.05) is 119 Å². The summed E-state index contributed by atoms with van der Waals surface area (Å²) in [7, 11) is 1.11. The molecule has 0 bridgehead atoms. The Morgan fingerprint density at radius 2 is 1.30 bits per heavy atom. The van der Waals surface area contributed by atoms with Crippen molar-refractivity contribution in [3.8, 4) is 17.6 Å². The number of methoxy groups -OCH3 is 3. The monoisotopic (exact) mass is 1240 g/mol. The Hall–Kier alpha value is -9.01. The van der Waals surface area contributed by atoms with Crippen LogP contribution in [0.4, 0.5) is 16.0 Å². The lowest BCUT2D eigenvalue weighted by atomic mass is 9.80. The largest absolute Gasteiger partial charge is 0.497 e. The van der Waals surface area contributed by atoms with Crippen molar-refractivity contribution in [1.82, 2.24) is 39.1 Å². The van der Waals surface area contributed by atoms with Crippen LogP contribution in [0, 0.1) is 17.2 Å². The summed E-state index contributed by atoms with van der Waals surface area (Å²) in [6.45, 7) is 6.82. The van der Waals surface area contributed by atoms with E-state index in [1.165, 1.54) is 41.2 Å². The number of carbonyl (C=O) groups excluding carboxylic acids is 3. The number of imidazole rings is 1. The van der Waals surface area contributed by atoms with Crippen LogP contribution in [0.2, 0.25) is 0 Å². The van der Waals surface area contributed by atoms with Crippen LogP contribution in [0.5, 0.6) is 11.5 Å². The number of amides is 3. The summed E-state index contributed by atoms with van der Waals surface area (Å²) in [4.78, 5) is 73.1. The second-order valence-corrected chi connectivity index (χ2v) is 26.3. The molecule has 24 heteroatoms. The van der Waals surface area contributed by atoms with E-state index in [0.717, 1.165) is 0 Å². The van der Waals surface area contributed by atoms with Crippen molar-refractivity contribution in [2.24, 2.45) is 5.92 Å². The Morgan fingerprint density at radius 1 is 0.733 bits per heavy atom. The molecule has 2 saturated heterocycles. The fourth-order valence-electron chi connectivity index (χ4n) is 12.1. The molecule has 0 radical (unpaired) electrons. The van der Waals surface area contributed by atoms with Crippen LogP contribution in [0.1, 0.15) is 90.4 Å². The van der Waals surface area contributed by atoms with E-state index in [0.29, 0.717) is 39.3 Å². The van der Waals surface area contributed by atoms with Crippen molar-refractivity contribution in [3.05, 3.63) is 203 Å². The molecule has 0 unspecified atom stereocenters. The standard InChI is InChI=1S/C66H71FN11O11P/c1-41(2)90(83,42(3)4)78(34-17-33-68)57-51(88-64(58(57)86-7)76-35-32-53(74-65(76)82)73-61(80)43-18-11-8-12-19-43)37-69-54(79)36-50-52(89-63(55(50)67)77-40-72-56-59(70-39-71-60(56)77)75-62(81)44-20-13-9-14-21-44)38-87-66(45-22-15-10-16-23-45,46-24-28-48(84-5)29-25-46)47-26-30-49(85-6)31-27-47/h8-16,18-32,35,39-42,50-52,55,57-58,63-64H,17,34,36-38H2,1-7H3,(H,69,79)(H,70,71,75,81)(H,73,74,80,82)/t50-,51-,52-,55-,57-,58-,63-,64-/m1/s1. The maximum absolute atomic E-state index is 18.2. The number of rotatable bonds is 25. The van der Waals surface area contributed by atoms with E-state index in [4.69, 9.17) is 28.4 Å². The molecule has 3 aromatic heterocycles. The third-order valence-corrected chi connectivity index (χ3v) is 20.8. The molecule has 0 spiro atoms. The summed E-state index contributed by atoms with van der Waals surface area (Å²) in [5.41, 5.74) is 0.0445. The number of anilines is 2. The van der Waals surface area contributed by atoms with Crippen molar-refractivity contribution in [3.63, 3.8) is 0 Å². The molecular formula is C66H71FN11O11P. The zero-order chi connectivity index (χ0) is 63.7. The molecule has 2 aliphatic rings. The number of carbonyl (C=O) groups is 3. The Kier molecular flexibility index (Phi) is 20.1. The number of nitriles is 1. The summed E-state index contributed by atoms with van der Waals surface area (Å²) in [5, 5.41) is 18.5. The summed E-state index contributed by atoms with van der Waals surface area (Å²) in [6.07, 6.45) is -4.44. The molecule has 5 aromatic carbocycles. The lowest BCUT2D eigenvalue weighted by Crippen LogP contribution is -2.52. The first-order valence-corrected chi connectivity index (χ1v) is 31.3. The van der Waals surface area contributed by atoms with Gasteiger partial charge in [-0.3, -0.25) is 23.5 Å². The minimum Gasteiger partial charge on any atom is -0.497 e. The van der Waals surface area contributed by atoms with Crippen molar-refractivity contribution in [2.75, 3.05) is 51.7 Å². The lowest BCUT2D eigenvalue weighted by Gasteiger charge is -2.43. The van der Waals surface area contributed by atoms with E-state index >= 15 is 8.96 Å². The van der Waals surface area contributed by atoms with Crippen molar-refractivity contribution < 1.29 is 51.8 Å². The topological polar surface area (TPSA) is 265 Å². The Labute approximate surface area is 520 Å². The molecule has 3 N–H and O–H groups in total. The number of hydrogen-bond acceptors (Lipinski definition) is 16. The minimum atomic E-state index is -3.45. The van der Waals surface area contributed by atoms with Crippen LogP contribution in [-0.4, -0.2) is 134 Å². The first kappa shape index (κ1) is 64.0. The number of nitrogens with one attached hydrogen (secondary N) is 3. The molecule has 468 valence electrons. The van der Waals surface area contributed by atoms with Gasteiger partial charge < -0.3 is 48.9 Å². The smallest absolute Gasteiger partial charge is 0.351 e. The molecule has 22 nitrogen and oxygen atoms in total. The summed E-state index contributed by atoms with van der Waals surface area (Å²) < 4.78 is 76.4. The SMILES string of the molecule is COc1ccc(C(OC[C@H]2O[C@@H](n3cnc4c(NC(=O)c5ccccc5)ncnc43)[C@H](F)[C@@H]2CC(=O)NC[C@H]2O[C@@H](n3ccc(NC(=O)c4ccccc4)nc3=O)[C@H](OC)[C@@H]2N(CCC#N)P(=O)(C(C)C)C(C)C)(c2ccccc2)c2ccc(OC)cc2)cc1.